The van der Waals surface area contributed by atoms with Crippen molar-refractivity contribution in [1.29, 1.82) is 0 Å². The van der Waals surface area contributed by atoms with E-state index in [4.69, 9.17) is 11.6 Å². The molecular weight excluding hydrogens is 372 g/mol. The Morgan fingerprint density at radius 3 is 2.82 bits per heavy atom. The molecule has 0 spiro atoms. The number of allylic oxidation sites excluding steroid dienone is 1. The van der Waals surface area contributed by atoms with E-state index in [2.05, 4.69) is 26.7 Å². The van der Waals surface area contributed by atoms with Gasteiger partial charge < -0.3 is 10.6 Å². The summed E-state index contributed by atoms with van der Waals surface area (Å²) in [5.41, 5.74) is 2.99. The first-order chi connectivity index (χ1) is 13.6. The summed E-state index contributed by atoms with van der Waals surface area (Å²) < 4.78 is 0. The number of anilines is 1. The lowest BCUT2D eigenvalue weighted by molar-refractivity contribution is 0.0949. The number of aromatic nitrogens is 2. The Labute approximate surface area is 171 Å². The molecule has 148 valence electrons. The van der Waals surface area contributed by atoms with Crippen molar-refractivity contribution in [2.24, 2.45) is 0 Å². The highest BCUT2D eigenvalue weighted by molar-refractivity contribution is 6.30. The number of carbonyl (C=O) groups is 1. The van der Waals surface area contributed by atoms with Gasteiger partial charge in [-0.05, 0) is 63.1 Å². The van der Waals surface area contributed by atoms with Crippen LogP contribution in [0.1, 0.15) is 54.0 Å². The summed E-state index contributed by atoms with van der Waals surface area (Å²) in [5, 5.41) is 6.95. The molecular formula is C22H27ClN4O. The average Bonchev–Trinajstić information content (AvgIpc) is 2.68. The molecule has 0 atom stereocenters. The Hall–Kier alpha value is -2.40. The number of halogens is 1. The first kappa shape index (κ1) is 20.3. The third-order valence-corrected chi connectivity index (χ3v) is 5.03. The van der Waals surface area contributed by atoms with Gasteiger partial charge in [0.25, 0.3) is 5.91 Å². The topological polar surface area (TPSA) is 66.9 Å². The van der Waals surface area contributed by atoms with Gasteiger partial charge in [-0.25, -0.2) is 9.97 Å². The van der Waals surface area contributed by atoms with Crippen LogP contribution in [-0.2, 0) is 6.42 Å². The molecule has 1 amide bonds. The summed E-state index contributed by atoms with van der Waals surface area (Å²) in [4.78, 5) is 21.1. The second-order valence-corrected chi connectivity index (χ2v) is 7.54. The summed E-state index contributed by atoms with van der Waals surface area (Å²) in [6.07, 6.45) is 9.08. The van der Waals surface area contributed by atoms with Crippen molar-refractivity contribution in [2.75, 3.05) is 18.4 Å². The maximum absolute atomic E-state index is 12.5. The highest BCUT2D eigenvalue weighted by Crippen LogP contribution is 2.20. The third kappa shape index (κ3) is 6.34. The van der Waals surface area contributed by atoms with Gasteiger partial charge in [-0.1, -0.05) is 35.4 Å². The van der Waals surface area contributed by atoms with Gasteiger partial charge in [-0.2, -0.15) is 0 Å². The summed E-state index contributed by atoms with van der Waals surface area (Å²) in [6, 6.07) is 9.38. The van der Waals surface area contributed by atoms with Gasteiger partial charge in [0.1, 0.15) is 17.3 Å². The maximum Gasteiger partial charge on any atom is 0.270 e. The van der Waals surface area contributed by atoms with Crippen molar-refractivity contribution in [3.63, 3.8) is 0 Å². The molecule has 0 saturated carbocycles. The van der Waals surface area contributed by atoms with E-state index in [9.17, 15) is 4.79 Å². The first-order valence-electron chi connectivity index (χ1n) is 9.90. The Bertz CT molecular complexity index is 850. The predicted octanol–water partition coefficient (Wildman–Crippen LogP) is 4.71. The fraction of sp³-hybridized carbons (Fsp3) is 0.409. The first-order valence-corrected chi connectivity index (χ1v) is 10.3. The number of hydrogen-bond donors (Lipinski definition) is 2. The van der Waals surface area contributed by atoms with Crippen LogP contribution in [0.5, 0.6) is 0 Å². The third-order valence-electron chi connectivity index (χ3n) is 4.80. The molecule has 1 aromatic heterocycles. The van der Waals surface area contributed by atoms with Gasteiger partial charge >= 0.3 is 0 Å². The molecule has 6 heteroatoms. The Balaban J connectivity index is 1.51. The maximum atomic E-state index is 12.5. The predicted molar refractivity (Wildman–Crippen MR) is 114 cm³/mol. The number of benzene rings is 1. The van der Waals surface area contributed by atoms with Crippen LogP contribution in [0, 0.1) is 6.92 Å². The van der Waals surface area contributed by atoms with E-state index in [1.807, 2.05) is 24.3 Å². The molecule has 2 N–H and O–H groups in total. The average molecular weight is 399 g/mol. The van der Waals surface area contributed by atoms with Crippen LogP contribution >= 0.6 is 11.6 Å². The van der Waals surface area contributed by atoms with Gasteiger partial charge in [-0.3, -0.25) is 4.79 Å². The zero-order chi connectivity index (χ0) is 19.8. The van der Waals surface area contributed by atoms with Crippen LogP contribution in [-0.4, -0.2) is 29.0 Å². The fourth-order valence-corrected chi connectivity index (χ4v) is 3.57. The molecule has 0 fully saturated rings. The van der Waals surface area contributed by atoms with E-state index < -0.39 is 0 Å². The number of amides is 1. The molecule has 0 bridgehead atoms. The fourth-order valence-electron chi connectivity index (χ4n) is 3.36. The van der Waals surface area contributed by atoms with E-state index in [-0.39, 0.29) is 5.91 Å². The van der Waals surface area contributed by atoms with E-state index >= 15 is 0 Å². The minimum absolute atomic E-state index is 0.189. The smallest absolute Gasteiger partial charge is 0.270 e. The number of hydrogen-bond acceptors (Lipinski definition) is 4. The monoisotopic (exact) mass is 398 g/mol. The largest absolute Gasteiger partial charge is 0.370 e. The van der Waals surface area contributed by atoms with Crippen molar-refractivity contribution in [3.05, 3.63) is 64.1 Å². The summed E-state index contributed by atoms with van der Waals surface area (Å²) in [6.45, 7) is 3.15. The quantitative estimate of drug-likeness (QED) is 0.632. The van der Waals surface area contributed by atoms with Gasteiger partial charge in [0, 0.05) is 24.2 Å². The van der Waals surface area contributed by atoms with Crippen LogP contribution < -0.4 is 10.6 Å². The molecule has 1 aliphatic carbocycles. The molecule has 5 nitrogen and oxygen atoms in total. The van der Waals surface area contributed by atoms with Crippen molar-refractivity contribution in [3.8, 4) is 0 Å². The minimum Gasteiger partial charge on any atom is -0.370 e. The molecule has 0 radical (unpaired) electrons. The number of carbonyl (C=O) groups excluding carboxylic acids is 1. The Morgan fingerprint density at radius 1 is 1.14 bits per heavy atom. The van der Waals surface area contributed by atoms with E-state index in [0.29, 0.717) is 28.9 Å². The molecule has 28 heavy (non-hydrogen) atoms. The van der Waals surface area contributed by atoms with Gasteiger partial charge in [0.15, 0.2) is 0 Å². The SMILES string of the molecule is Cc1nc(NCCC2=CCCCC2)cc(C(=O)NCCc2cccc(Cl)c2)n1. The van der Waals surface area contributed by atoms with Gasteiger partial charge in [0.05, 0.1) is 0 Å². The lowest BCUT2D eigenvalue weighted by Gasteiger charge is -2.13. The van der Waals surface area contributed by atoms with Gasteiger partial charge in [-0.15, -0.1) is 0 Å². The number of aryl methyl sites for hydroxylation is 1. The summed E-state index contributed by atoms with van der Waals surface area (Å²) in [5.74, 6) is 1.09. The standard InChI is InChI=1S/C22H27ClN4O/c1-16-26-20(22(28)25-13-11-18-8-5-9-19(23)14-18)15-21(27-16)24-12-10-17-6-3-2-4-7-17/h5-6,8-9,14-15H,2-4,7,10-13H2,1H3,(H,25,28)(H,24,26,27). The van der Waals surface area contributed by atoms with Crippen molar-refractivity contribution in [1.82, 2.24) is 15.3 Å². The van der Waals surface area contributed by atoms with Crippen LogP contribution in [0.25, 0.3) is 0 Å². The van der Waals surface area contributed by atoms with Crippen molar-refractivity contribution in [2.45, 2.75) is 45.4 Å². The molecule has 0 aliphatic heterocycles. The second kappa shape index (κ2) is 10.2. The van der Waals surface area contributed by atoms with E-state index in [1.165, 1.54) is 31.3 Å². The lowest BCUT2D eigenvalue weighted by atomic mass is 9.97. The Morgan fingerprint density at radius 2 is 2.04 bits per heavy atom. The van der Waals surface area contributed by atoms with Crippen molar-refractivity contribution < 1.29 is 4.79 Å². The summed E-state index contributed by atoms with van der Waals surface area (Å²) in [7, 11) is 0. The van der Waals surface area contributed by atoms with Crippen LogP contribution in [0.3, 0.4) is 0 Å². The molecule has 1 heterocycles. The minimum atomic E-state index is -0.189. The highest BCUT2D eigenvalue weighted by Gasteiger charge is 2.11. The zero-order valence-corrected chi connectivity index (χ0v) is 17.1. The lowest BCUT2D eigenvalue weighted by Crippen LogP contribution is -2.27. The molecule has 3 rings (SSSR count). The van der Waals surface area contributed by atoms with E-state index in [1.54, 1.807) is 13.0 Å². The molecule has 2 aromatic rings. The number of nitrogens with one attached hydrogen (secondary N) is 2. The molecule has 1 aromatic carbocycles. The number of nitrogens with zero attached hydrogens (tertiary/aromatic N) is 2. The zero-order valence-electron chi connectivity index (χ0n) is 16.3. The van der Waals surface area contributed by atoms with Crippen molar-refractivity contribution >= 4 is 23.3 Å². The second-order valence-electron chi connectivity index (χ2n) is 7.11. The number of rotatable bonds is 8. The van der Waals surface area contributed by atoms with Gasteiger partial charge in [0.2, 0.25) is 0 Å². The molecule has 0 unspecified atom stereocenters. The summed E-state index contributed by atoms with van der Waals surface area (Å²) >= 11 is 5.99. The molecule has 0 saturated heterocycles. The molecule has 1 aliphatic rings. The normalized spacial score (nSPS) is 13.7. The van der Waals surface area contributed by atoms with Crippen LogP contribution in [0.4, 0.5) is 5.82 Å². The highest BCUT2D eigenvalue weighted by atomic mass is 35.5. The Kier molecular flexibility index (Phi) is 7.43. The van der Waals surface area contributed by atoms with Crippen LogP contribution in [0.2, 0.25) is 5.02 Å². The van der Waals surface area contributed by atoms with E-state index in [0.717, 1.165) is 24.9 Å². The van der Waals surface area contributed by atoms with Crippen LogP contribution in [0.15, 0.2) is 42.0 Å².